The van der Waals surface area contributed by atoms with Crippen LogP contribution in [0.4, 0.5) is 0 Å². The van der Waals surface area contributed by atoms with Gasteiger partial charge in [-0.25, -0.2) is 4.98 Å². The Kier molecular flexibility index (Phi) is 6.12. The van der Waals surface area contributed by atoms with Crippen LogP contribution in [0.2, 0.25) is 0 Å². The predicted molar refractivity (Wildman–Crippen MR) is 108 cm³/mol. The average molecular weight is 365 g/mol. The first kappa shape index (κ1) is 19.0. The number of benzene rings is 2. The van der Waals surface area contributed by atoms with Gasteiger partial charge in [-0.2, -0.15) is 0 Å². The van der Waals surface area contributed by atoms with Crippen molar-refractivity contribution in [3.63, 3.8) is 0 Å². The first-order valence-corrected chi connectivity index (χ1v) is 9.45. The number of nitrogens with zero attached hydrogens (tertiary/aromatic N) is 2. The van der Waals surface area contributed by atoms with E-state index >= 15 is 0 Å². The number of nitrogens with one attached hydrogen (secondary N) is 1. The number of fused-ring (bicyclic) bond motifs is 1. The topological polar surface area (TPSA) is 56.1 Å². The summed E-state index contributed by atoms with van der Waals surface area (Å²) < 4.78 is 8.08. The summed E-state index contributed by atoms with van der Waals surface area (Å²) in [6, 6.07) is 14.2. The molecule has 3 rings (SSSR count). The zero-order valence-corrected chi connectivity index (χ0v) is 16.2. The number of para-hydroxylation sites is 2. The van der Waals surface area contributed by atoms with Gasteiger partial charge < -0.3 is 14.6 Å². The summed E-state index contributed by atoms with van der Waals surface area (Å²) in [4.78, 5) is 15.5. The zero-order chi connectivity index (χ0) is 19.2. The maximum Gasteiger partial charge on any atom is 0.207 e. The highest BCUT2D eigenvalue weighted by Gasteiger charge is 2.15. The average Bonchev–Trinajstić information content (AvgIpc) is 3.03. The molecule has 0 aliphatic carbocycles. The van der Waals surface area contributed by atoms with Gasteiger partial charge in [0.15, 0.2) is 0 Å². The number of carbonyl (C=O) groups is 1. The molecule has 1 atom stereocenters. The maximum atomic E-state index is 10.8. The Hall–Kier alpha value is -2.82. The summed E-state index contributed by atoms with van der Waals surface area (Å²) in [5.41, 5.74) is 4.58. The molecule has 0 fully saturated rings. The fourth-order valence-corrected chi connectivity index (χ4v) is 3.20. The van der Waals surface area contributed by atoms with Gasteiger partial charge in [0, 0.05) is 6.54 Å². The minimum Gasteiger partial charge on any atom is -0.494 e. The van der Waals surface area contributed by atoms with Crippen molar-refractivity contribution in [2.45, 2.75) is 46.2 Å². The van der Waals surface area contributed by atoms with E-state index < -0.39 is 0 Å². The minimum atomic E-state index is -0.123. The monoisotopic (exact) mass is 365 g/mol. The van der Waals surface area contributed by atoms with Crippen LogP contribution in [0.3, 0.4) is 0 Å². The van der Waals surface area contributed by atoms with Crippen LogP contribution in [-0.4, -0.2) is 22.6 Å². The zero-order valence-electron chi connectivity index (χ0n) is 16.2. The van der Waals surface area contributed by atoms with Gasteiger partial charge >= 0.3 is 0 Å². The van der Waals surface area contributed by atoms with Crippen LogP contribution >= 0.6 is 0 Å². The van der Waals surface area contributed by atoms with Crippen LogP contribution in [0.25, 0.3) is 11.0 Å². The van der Waals surface area contributed by atoms with E-state index in [1.807, 2.05) is 31.2 Å². The summed E-state index contributed by atoms with van der Waals surface area (Å²) in [6.45, 7) is 7.69. The Bertz CT molecular complexity index is 917. The molecule has 142 valence electrons. The lowest BCUT2D eigenvalue weighted by molar-refractivity contribution is -0.110. The number of hydrogen-bond donors (Lipinski definition) is 1. The summed E-state index contributed by atoms with van der Waals surface area (Å²) in [6.07, 6.45) is 2.66. The quantitative estimate of drug-likeness (QED) is 0.454. The number of carbonyl (C=O) groups excluding carboxylic acids is 1. The van der Waals surface area contributed by atoms with E-state index in [4.69, 9.17) is 9.72 Å². The van der Waals surface area contributed by atoms with Crippen molar-refractivity contribution in [3.8, 4) is 5.75 Å². The van der Waals surface area contributed by atoms with E-state index in [0.717, 1.165) is 48.4 Å². The Morgan fingerprint density at radius 2 is 1.96 bits per heavy atom. The summed E-state index contributed by atoms with van der Waals surface area (Å²) >= 11 is 0. The number of aromatic nitrogens is 2. The highest BCUT2D eigenvalue weighted by Crippen LogP contribution is 2.21. The summed E-state index contributed by atoms with van der Waals surface area (Å²) in [7, 11) is 0. The fourth-order valence-electron chi connectivity index (χ4n) is 3.20. The second-order valence-electron chi connectivity index (χ2n) is 6.92. The van der Waals surface area contributed by atoms with E-state index in [1.54, 1.807) is 0 Å². The first-order chi connectivity index (χ1) is 13.1. The Balaban J connectivity index is 1.61. The van der Waals surface area contributed by atoms with E-state index in [2.05, 4.69) is 41.9 Å². The third-order valence-electron chi connectivity index (χ3n) is 4.91. The van der Waals surface area contributed by atoms with Gasteiger partial charge in [0.2, 0.25) is 6.41 Å². The molecule has 1 unspecified atom stereocenters. The molecule has 0 radical (unpaired) electrons. The molecule has 27 heavy (non-hydrogen) atoms. The van der Waals surface area contributed by atoms with Crippen LogP contribution in [0.5, 0.6) is 5.75 Å². The van der Waals surface area contributed by atoms with Gasteiger partial charge in [-0.3, -0.25) is 4.79 Å². The van der Waals surface area contributed by atoms with Crippen LogP contribution in [0, 0.1) is 13.8 Å². The molecular formula is C22H27N3O2. The molecule has 5 nitrogen and oxygen atoms in total. The summed E-state index contributed by atoms with van der Waals surface area (Å²) in [5.74, 6) is 1.81. The molecule has 5 heteroatoms. The smallest absolute Gasteiger partial charge is 0.207 e. The Labute approximate surface area is 160 Å². The number of imidazole rings is 1. The van der Waals surface area contributed by atoms with E-state index in [0.29, 0.717) is 6.61 Å². The molecule has 0 aliphatic rings. The van der Waals surface area contributed by atoms with E-state index in [9.17, 15) is 4.79 Å². The van der Waals surface area contributed by atoms with Crippen molar-refractivity contribution < 1.29 is 9.53 Å². The number of unbranched alkanes of at least 4 members (excludes halogenated alkanes) is 1. The first-order valence-electron chi connectivity index (χ1n) is 9.45. The molecule has 1 N–H and O–H groups in total. The number of rotatable bonds is 9. The number of hydrogen-bond acceptors (Lipinski definition) is 3. The Morgan fingerprint density at radius 3 is 2.74 bits per heavy atom. The van der Waals surface area contributed by atoms with E-state index in [1.165, 1.54) is 11.1 Å². The fraction of sp³-hybridized carbons (Fsp3) is 0.364. The largest absolute Gasteiger partial charge is 0.494 e. The van der Waals surface area contributed by atoms with Crippen LogP contribution < -0.4 is 10.1 Å². The standard InChI is InChI=1S/C22H27N3O2/c1-16-10-11-19(14-17(16)2)27-13-7-6-12-25-21-9-5-4-8-20(21)24-22(25)18(3)23-15-26/h4-5,8-11,14-15,18H,6-7,12-13H2,1-3H3,(H,23,26). The second-order valence-corrected chi connectivity index (χ2v) is 6.92. The second kappa shape index (κ2) is 8.71. The van der Waals surface area contributed by atoms with Gasteiger partial charge in [0.25, 0.3) is 0 Å². The van der Waals surface area contributed by atoms with Crippen molar-refractivity contribution in [2.75, 3.05) is 6.61 Å². The van der Waals surface area contributed by atoms with Gasteiger partial charge in [-0.15, -0.1) is 0 Å². The number of amides is 1. The van der Waals surface area contributed by atoms with Gasteiger partial charge in [0.1, 0.15) is 11.6 Å². The summed E-state index contributed by atoms with van der Waals surface area (Å²) in [5, 5.41) is 2.81. The Morgan fingerprint density at radius 1 is 1.15 bits per heavy atom. The molecule has 3 aromatic rings. The van der Waals surface area contributed by atoms with Crippen molar-refractivity contribution in [1.29, 1.82) is 0 Å². The molecule has 1 amide bonds. The molecule has 0 bridgehead atoms. The van der Waals surface area contributed by atoms with Gasteiger partial charge in [-0.1, -0.05) is 18.2 Å². The molecule has 0 aliphatic heterocycles. The van der Waals surface area contributed by atoms with Crippen molar-refractivity contribution in [3.05, 3.63) is 59.4 Å². The lowest BCUT2D eigenvalue weighted by Gasteiger charge is -2.14. The van der Waals surface area contributed by atoms with Crippen molar-refractivity contribution in [1.82, 2.24) is 14.9 Å². The van der Waals surface area contributed by atoms with Crippen LogP contribution in [-0.2, 0) is 11.3 Å². The molecule has 1 heterocycles. The maximum absolute atomic E-state index is 10.8. The van der Waals surface area contributed by atoms with Gasteiger partial charge in [-0.05, 0) is 69.0 Å². The van der Waals surface area contributed by atoms with Crippen molar-refractivity contribution >= 4 is 17.4 Å². The molecule has 0 saturated carbocycles. The highest BCUT2D eigenvalue weighted by atomic mass is 16.5. The third-order valence-corrected chi connectivity index (χ3v) is 4.91. The number of ether oxygens (including phenoxy) is 1. The predicted octanol–water partition coefficient (Wildman–Crippen LogP) is 4.32. The van der Waals surface area contributed by atoms with Crippen LogP contribution in [0.1, 0.15) is 42.8 Å². The molecular weight excluding hydrogens is 338 g/mol. The van der Waals surface area contributed by atoms with Crippen LogP contribution in [0.15, 0.2) is 42.5 Å². The van der Waals surface area contributed by atoms with E-state index in [-0.39, 0.29) is 6.04 Å². The van der Waals surface area contributed by atoms with Gasteiger partial charge in [0.05, 0.1) is 23.7 Å². The lowest BCUT2D eigenvalue weighted by Crippen LogP contribution is -2.20. The normalized spacial score (nSPS) is 12.1. The third kappa shape index (κ3) is 4.48. The molecule has 0 saturated heterocycles. The van der Waals surface area contributed by atoms with Crippen molar-refractivity contribution in [2.24, 2.45) is 0 Å². The minimum absolute atomic E-state index is 0.123. The number of aryl methyl sites for hydroxylation is 3. The lowest BCUT2D eigenvalue weighted by atomic mass is 10.1. The highest BCUT2D eigenvalue weighted by molar-refractivity contribution is 5.76. The molecule has 0 spiro atoms. The molecule has 1 aromatic heterocycles. The molecule has 2 aromatic carbocycles. The SMILES string of the molecule is Cc1ccc(OCCCCn2c(C(C)NC=O)nc3ccccc32)cc1C.